The zero-order valence-electron chi connectivity index (χ0n) is 12.2. The summed E-state index contributed by atoms with van der Waals surface area (Å²) in [4.78, 5) is 26.0. The molecule has 0 spiro atoms. The van der Waals surface area contributed by atoms with Crippen LogP contribution in [0.15, 0.2) is 18.2 Å². The van der Waals surface area contributed by atoms with E-state index in [0.29, 0.717) is 42.5 Å². The summed E-state index contributed by atoms with van der Waals surface area (Å²) in [5.41, 5.74) is 0.474. The molecule has 1 aromatic carbocycles. The minimum absolute atomic E-state index is 0.0288. The van der Waals surface area contributed by atoms with Crippen molar-refractivity contribution < 1.29 is 14.3 Å². The van der Waals surface area contributed by atoms with Crippen LogP contribution in [0, 0.1) is 0 Å². The molecule has 1 heterocycles. The smallest absolute Gasteiger partial charge is 0.257 e. The average molecular weight is 311 g/mol. The van der Waals surface area contributed by atoms with Crippen LogP contribution in [0.2, 0.25) is 5.02 Å². The second kappa shape index (κ2) is 6.80. The van der Waals surface area contributed by atoms with E-state index in [4.69, 9.17) is 16.3 Å². The van der Waals surface area contributed by atoms with Gasteiger partial charge in [0.2, 0.25) is 5.91 Å². The normalized spacial score (nSPS) is 18.9. The van der Waals surface area contributed by atoms with Crippen molar-refractivity contribution in [2.24, 2.45) is 0 Å². The quantitative estimate of drug-likeness (QED) is 0.930. The summed E-state index contributed by atoms with van der Waals surface area (Å²) in [5, 5.41) is 3.30. The summed E-state index contributed by atoms with van der Waals surface area (Å²) in [5.74, 6) is 0.309. The third-order valence-electron chi connectivity index (χ3n) is 3.42. The number of carbonyl (C=O) groups excluding carboxylic acids is 2. The first-order valence-electron chi connectivity index (χ1n) is 7.03. The lowest BCUT2D eigenvalue weighted by Crippen LogP contribution is -2.39. The lowest BCUT2D eigenvalue weighted by atomic mass is 10.1. The van der Waals surface area contributed by atoms with Gasteiger partial charge in [-0.15, -0.1) is 0 Å². The molecule has 1 fully saturated rings. The standard InChI is InChI=1S/C15H19ClN2O3/c1-3-21-13-9-11(16)4-5-12(13)15(20)18-7-6-17-14(19)8-10(18)2/h4-5,9-10H,3,6-8H2,1-2H3,(H,17,19). The van der Waals surface area contributed by atoms with Crippen LogP contribution < -0.4 is 10.1 Å². The van der Waals surface area contributed by atoms with E-state index >= 15 is 0 Å². The summed E-state index contributed by atoms with van der Waals surface area (Å²) in [6.45, 7) is 5.13. The van der Waals surface area contributed by atoms with Crippen LogP contribution >= 0.6 is 11.6 Å². The lowest BCUT2D eigenvalue weighted by Gasteiger charge is -2.27. The zero-order valence-corrected chi connectivity index (χ0v) is 12.9. The Morgan fingerprint density at radius 3 is 3.00 bits per heavy atom. The molecule has 1 atom stereocenters. The number of hydrogen-bond donors (Lipinski definition) is 1. The van der Waals surface area contributed by atoms with Crippen LogP contribution in [0.1, 0.15) is 30.6 Å². The van der Waals surface area contributed by atoms with Gasteiger partial charge < -0.3 is 15.0 Å². The van der Waals surface area contributed by atoms with E-state index < -0.39 is 0 Å². The summed E-state index contributed by atoms with van der Waals surface area (Å²) < 4.78 is 5.50. The maximum Gasteiger partial charge on any atom is 0.257 e. The molecule has 1 aliphatic heterocycles. The number of halogens is 1. The molecule has 114 valence electrons. The molecule has 0 radical (unpaired) electrons. The molecule has 0 saturated carbocycles. The maximum atomic E-state index is 12.7. The number of rotatable bonds is 3. The van der Waals surface area contributed by atoms with Crippen LogP contribution in [0.4, 0.5) is 0 Å². The minimum atomic E-state index is -0.148. The summed E-state index contributed by atoms with van der Waals surface area (Å²) in [6.07, 6.45) is 0.309. The Labute approximate surface area is 129 Å². The molecular weight excluding hydrogens is 292 g/mol. The van der Waals surface area contributed by atoms with Gasteiger partial charge in [0.1, 0.15) is 5.75 Å². The van der Waals surface area contributed by atoms with Crippen molar-refractivity contribution in [1.29, 1.82) is 0 Å². The van der Waals surface area contributed by atoms with Gasteiger partial charge in [-0.3, -0.25) is 9.59 Å². The Hall–Kier alpha value is -1.75. The molecule has 1 unspecified atom stereocenters. The Morgan fingerprint density at radius 2 is 2.29 bits per heavy atom. The molecule has 2 amide bonds. The van der Waals surface area contributed by atoms with E-state index in [0.717, 1.165) is 0 Å². The predicted molar refractivity (Wildman–Crippen MR) is 80.7 cm³/mol. The molecular formula is C15H19ClN2O3. The van der Waals surface area contributed by atoms with E-state index in [9.17, 15) is 9.59 Å². The van der Waals surface area contributed by atoms with Crippen molar-refractivity contribution in [3.05, 3.63) is 28.8 Å². The van der Waals surface area contributed by atoms with E-state index in [-0.39, 0.29) is 17.9 Å². The van der Waals surface area contributed by atoms with Gasteiger partial charge in [-0.2, -0.15) is 0 Å². The van der Waals surface area contributed by atoms with Crippen molar-refractivity contribution in [2.75, 3.05) is 19.7 Å². The molecule has 1 aromatic rings. The lowest BCUT2D eigenvalue weighted by molar-refractivity contribution is -0.121. The SMILES string of the molecule is CCOc1cc(Cl)ccc1C(=O)N1CCNC(=O)CC1C. The Morgan fingerprint density at radius 1 is 1.52 bits per heavy atom. The molecule has 5 nitrogen and oxygen atoms in total. The first kappa shape index (κ1) is 15.6. The molecule has 6 heteroatoms. The second-order valence-electron chi connectivity index (χ2n) is 4.98. The van der Waals surface area contributed by atoms with Crippen LogP contribution in [-0.4, -0.2) is 42.5 Å². The van der Waals surface area contributed by atoms with E-state index in [1.165, 1.54) is 0 Å². The topological polar surface area (TPSA) is 58.6 Å². The maximum absolute atomic E-state index is 12.7. The van der Waals surface area contributed by atoms with Crippen molar-refractivity contribution in [3.63, 3.8) is 0 Å². The summed E-state index contributed by atoms with van der Waals surface area (Å²) in [7, 11) is 0. The van der Waals surface area contributed by atoms with Gasteiger partial charge in [0, 0.05) is 30.6 Å². The van der Waals surface area contributed by atoms with Crippen molar-refractivity contribution in [3.8, 4) is 5.75 Å². The molecule has 1 aliphatic rings. The summed E-state index contributed by atoms with van der Waals surface area (Å²) >= 11 is 5.96. The molecule has 21 heavy (non-hydrogen) atoms. The number of ether oxygens (including phenoxy) is 1. The highest BCUT2D eigenvalue weighted by atomic mass is 35.5. The fourth-order valence-electron chi connectivity index (χ4n) is 2.39. The van der Waals surface area contributed by atoms with Gasteiger partial charge >= 0.3 is 0 Å². The third-order valence-corrected chi connectivity index (χ3v) is 3.66. The van der Waals surface area contributed by atoms with Crippen LogP contribution in [0.25, 0.3) is 0 Å². The van der Waals surface area contributed by atoms with Gasteiger partial charge in [-0.1, -0.05) is 11.6 Å². The third kappa shape index (κ3) is 3.67. The van der Waals surface area contributed by atoms with Crippen LogP contribution in [0.5, 0.6) is 5.75 Å². The number of carbonyl (C=O) groups is 2. The number of nitrogens with one attached hydrogen (secondary N) is 1. The fourth-order valence-corrected chi connectivity index (χ4v) is 2.55. The highest BCUT2D eigenvalue weighted by molar-refractivity contribution is 6.30. The highest BCUT2D eigenvalue weighted by Gasteiger charge is 2.27. The van der Waals surface area contributed by atoms with Gasteiger partial charge in [-0.25, -0.2) is 0 Å². The van der Waals surface area contributed by atoms with Gasteiger partial charge in [0.25, 0.3) is 5.91 Å². The minimum Gasteiger partial charge on any atom is -0.493 e. The summed E-state index contributed by atoms with van der Waals surface area (Å²) in [6, 6.07) is 4.83. The molecule has 0 aliphatic carbocycles. The first-order chi connectivity index (χ1) is 10.0. The number of benzene rings is 1. The van der Waals surface area contributed by atoms with E-state index in [1.54, 1.807) is 23.1 Å². The monoisotopic (exact) mass is 310 g/mol. The molecule has 1 saturated heterocycles. The number of amides is 2. The largest absolute Gasteiger partial charge is 0.493 e. The second-order valence-corrected chi connectivity index (χ2v) is 5.41. The highest BCUT2D eigenvalue weighted by Crippen LogP contribution is 2.26. The van der Waals surface area contributed by atoms with Crippen molar-refractivity contribution >= 4 is 23.4 Å². The molecule has 0 aromatic heterocycles. The van der Waals surface area contributed by atoms with E-state index in [2.05, 4.69) is 5.32 Å². The van der Waals surface area contributed by atoms with Gasteiger partial charge in [-0.05, 0) is 32.0 Å². The number of nitrogens with zero attached hydrogens (tertiary/aromatic N) is 1. The molecule has 2 rings (SSSR count). The Kier molecular flexibility index (Phi) is 5.07. The van der Waals surface area contributed by atoms with Crippen molar-refractivity contribution in [1.82, 2.24) is 10.2 Å². The molecule has 0 bridgehead atoms. The first-order valence-corrected chi connectivity index (χ1v) is 7.40. The Balaban J connectivity index is 2.28. The zero-order chi connectivity index (χ0) is 15.4. The van der Waals surface area contributed by atoms with Gasteiger partial charge in [0.05, 0.1) is 12.2 Å². The predicted octanol–water partition coefficient (Wildman–Crippen LogP) is 2.09. The van der Waals surface area contributed by atoms with Crippen molar-refractivity contribution in [2.45, 2.75) is 26.3 Å². The average Bonchev–Trinajstić information content (AvgIpc) is 2.59. The van der Waals surface area contributed by atoms with Gasteiger partial charge in [0.15, 0.2) is 0 Å². The van der Waals surface area contributed by atoms with Crippen LogP contribution in [0.3, 0.4) is 0 Å². The van der Waals surface area contributed by atoms with E-state index in [1.807, 2.05) is 13.8 Å². The fraction of sp³-hybridized carbons (Fsp3) is 0.467. The molecule has 1 N–H and O–H groups in total. The number of hydrogen-bond acceptors (Lipinski definition) is 3. The van der Waals surface area contributed by atoms with Crippen LogP contribution in [-0.2, 0) is 4.79 Å². The Bertz CT molecular complexity index is 548.